The van der Waals surface area contributed by atoms with Crippen molar-refractivity contribution < 1.29 is 4.79 Å². The quantitative estimate of drug-likeness (QED) is 0.601. The van der Waals surface area contributed by atoms with Gasteiger partial charge in [0.15, 0.2) is 0 Å². The molecule has 88 valence electrons. The van der Waals surface area contributed by atoms with Gasteiger partial charge in [-0.25, -0.2) is 9.48 Å². The molecule has 0 bridgehead atoms. The fourth-order valence-corrected chi connectivity index (χ4v) is 1.06. The molecule has 0 aliphatic heterocycles. The predicted molar refractivity (Wildman–Crippen MR) is 57.3 cm³/mol. The van der Waals surface area contributed by atoms with Gasteiger partial charge in [-0.2, -0.15) is 0 Å². The van der Waals surface area contributed by atoms with Gasteiger partial charge in [-0.3, -0.25) is 14.2 Å². The summed E-state index contributed by atoms with van der Waals surface area (Å²) < 4.78 is 1.94. The first-order valence-electron chi connectivity index (χ1n) is 4.56. The van der Waals surface area contributed by atoms with E-state index in [-0.39, 0.29) is 18.3 Å². The van der Waals surface area contributed by atoms with Crippen molar-refractivity contribution in [3.63, 3.8) is 0 Å². The molecular weight excluding hydrogens is 214 g/mol. The van der Waals surface area contributed by atoms with Crippen LogP contribution in [0.25, 0.3) is 0 Å². The summed E-state index contributed by atoms with van der Waals surface area (Å²) in [6.45, 7) is -0.0725. The Kier molecular flexibility index (Phi) is 3.44. The second kappa shape index (κ2) is 4.60. The minimum Gasteiger partial charge on any atom is -0.358 e. The first-order valence-corrected chi connectivity index (χ1v) is 4.56. The molecule has 0 saturated carbocycles. The first-order chi connectivity index (χ1) is 7.47. The SMILES string of the molecule is CNC(=O)CNc1nn(C)c(=O)n(C)c1=O. The molecule has 1 amide bonds. The van der Waals surface area contributed by atoms with Gasteiger partial charge in [-0.05, 0) is 0 Å². The van der Waals surface area contributed by atoms with E-state index in [0.717, 1.165) is 9.25 Å². The Bertz CT molecular complexity index is 515. The van der Waals surface area contributed by atoms with E-state index in [0.29, 0.717) is 0 Å². The summed E-state index contributed by atoms with van der Waals surface area (Å²) in [6, 6.07) is 0. The van der Waals surface area contributed by atoms with E-state index in [2.05, 4.69) is 15.7 Å². The molecule has 0 saturated heterocycles. The molecule has 0 spiro atoms. The van der Waals surface area contributed by atoms with Gasteiger partial charge in [-0.15, -0.1) is 5.10 Å². The van der Waals surface area contributed by atoms with Crippen LogP contribution in [0, 0.1) is 0 Å². The van der Waals surface area contributed by atoms with Crippen LogP contribution in [0.15, 0.2) is 9.59 Å². The summed E-state index contributed by atoms with van der Waals surface area (Å²) in [4.78, 5) is 33.8. The molecule has 0 aromatic carbocycles. The van der Waals surface area contributed by atoms with Crippen molar-refractivity contribution in [2.75, 3.05) is 18.9 Å². The van der Waals surface area contributed by atoms with E-state index in [1.54, 1.807) is 0 Å². The number of carbonyl (C=O) groups excluding carboxylic acids is 1. The van der Waals surface area contributed by atoms with Gasteiger partial charge in [0, 0.05) is 21.1 Å². The number of hydrogen-bond acceptors (Lipinski definition) is 5. The molecule has 8 nitrogen and oxygen atoms in total. The van der Waals surface area contributed by atoms with E-state index < -0.39 is 11.2 Å². The Hall–Kier alpha value is -2.12. The van der Waals surface area contributed by atoms with Crippen LogP contribution in [0.1, 0.15) is 0 Å². The minimum absolute atomic E-state index is 0.0341. The van der Waals surface area contributed by atoms with Gasteiger partial charge in [-0.1, -0.05) is 0 Å². The highest BCUT2D eigenvalue weighted by atomic mass is 16.2. The largest absolute Gasteiger partial charge is 0.358 e. The van der Waals surface area contributed by atoms with Crippen molar-refractivity contribution in [2.45, 2.75) is 0 Å². The average Bonchev–Trinajstić information content (AvgIpc) is 2.28. The van der Waals surface area contributed by atoms with Gasteiger partial charge in [0.25, 0.3) is 5.56 Å². The highest BCUT2D eigenvalue weighted by molar-refractivity contribution is 5.79. The molecule has 8 heteroatoms. The third-order valence-corrected chi connectivity index (χ3v) is 2.02. The summed E-state index contributed by atoms with van der Waals surface area (Å²) >= 11 is 0. The van der Waals surface area contributed by atoms with Gasteiger partial charge < -0.3 is 10.6 Å². The Labute approximate surface area is 90.9 Å². The Balaban J connectivity index is 3.03. The lowest BCUT2D eigenvalue weighted by atomic mass is 10.5. The lowest BCUT2D eigenvalue weighted by Gasteiger charge is -2.06. The number of amides is 1. The summed E-state index contributed by atoms with van der Waals surface area (Å²) in [5, 5.41) is 8.66. The minimum atomic E-state index is -0.563. The zero-order valence-corrected chi connectivity index (χ0v) is 9.27. The number of aromatic nitrogens is 3. The maximum Gasteiger partial charge on any atom is 0.346 e. The molecule has 2 N–H and O–H groups in total. The maximum absolute atomic E-state index is 11.5. The summed E-state index contributed by atoms with van der Waals surface area (Å²) in [5.74, 6) is -0.314. The molecule has 0 radical (unpaired) electrons. The molecule has 0 atom stereocenters. The molecule has 0 aliphatic carbocycles. The lowest BCUT2D eigenvalue weighted by molar-refractivity contribution is -0.118. The van der Waals surface area contributed by atoms with Gasteiger partial charge >= 0.3 is 5.69 Å². The monoisotopic (exact) mass is 227 g/mol. The number of nitrogens with one attached hydrogen (secondary N) is 2. The summed E-state index contributed by atoms with van der Waals surface area (Å²) in [6.07, 6.45) is 0. The zero-order valence-electron chi connectivity index (χ0n) is 9.27. The number of anilines is 1. The molecule has 1 heterocycles. The van der Waals surface area contributed by atoms with Crippen LogP contribution >= 0.6 is 0 Å². The molecule has 0 unspecified atom stereocenters. The Morgan fingerprint density at radius 1 is 1.38 bits per heavy atom. The number of hydrogen-bond donors (Lipinski definition) is 2. The van der Waals surface area contributed by atoms with E-state index in [1.165, 1.54) is 21.1 Å². The number of likely N-dealkylation sites (N-methyl/N-ethyl adjacent to an activating group) is 1. The lowest BCUT2D eigenvalue weighted by Crippen LogP contribution is -2.41. The topological polar surface area (TPSA) is 98.0 Å². The number of carbonyl (C=O) groups is 1. The van der Waals surface area contributed by atoms with Crippen molar-refractivity contribution in [2.24, 2.45) is 14.1 Å². The molecule has 16 heavy (non-hydrogen) atoms. The maximum atomic E-state index is 11.5. The van der Waals surface area contributed by atoms with E-state index >= 15 is 0 Å². The zero-order chi connectivity index (χ0) is 12.3. The number of aryl methyl sites for hydroxylation is 1. The number of rotatable bonds is 3. The third kappa shape index (κ3) is 2.27. The standard InChI is InChI=1S/C8H13N5O3/c1-9-5(14)4-10-6-7(15)12(2)8(16)13(3)11-6/h4H2,1-3H3,(H,9,14)(H,10,11). The smallest absolute Gasteiger partial charge is 0.346 e. The highest BCUT2D eigenvalue weighted by Crippen LogP contribution is 1.87. The van der Waals surface area contributed by atoms with Crippen LogP contribution in [0.3, 0.4) is 0 Å². The molecular formula is C8H13N5O3. The van der Waals surface area contributed by atoms with E-state index in [4.69, 9.17) is 0 Å². The molecule has 1 aromatic rings. The first kappa shape index (κ1) is 12.0. The van der Waals surface area contributed by atoms with Crippen molar-refractivity contribution in [3.05, 3.63) is 20.8 Å². The van der Waals surface area contributed by atoms with E-state index in [1.807, 2.05) is 0 Å². The summed E-state index contributed by atoms with van der Waals surface area (Å²) in [7, 11) is 4.25. The van der Waals surface area contributed by atoms with Crippen molar-refractivity contribution in [1.82, 2.24) is 19.7 Å². The normalized spacial score (nSPS) is 9.94. The fourth-order valence-electron chi connectivity index (χ4n) is 1.06. The molecule has 0 aliphatic rings. The highest BCUT2D eigenvalue weighted by Gasteiger charge is 2.08. The summed E-state index contributed by atoms with van der Waals surface area (Å²) in [5.41, 5.74) is -1.08. The van der Waals surface area contributed by atoms with Crippen LogP contribution in [-0.2, 0) is 18.9 Å². The van der Waals surface area contributed by atoms with Crippen LogP contribution in [0.2, 0.25) is 0 Å². The van der Waals surface area contributed by atoms with Gasteiger partial charge in [0.05, 0.1) is 6.54 Å². The van der Waals surface area contributed by atoms with Gasteiger partial charge in [0.2, 0.25) is 11.7 Å². The predicted octanol–water partition coefficient (Wildman–Crippen LogP) is -2.36. The van der Waals surface area contributed by atoms with Crippen LogP contribution < -0.4 is 21.9 Å². The molecule has 1 aromatic heterocycles. The van der Waals surface area contributed by atoms with Crippen molar-refractivity contribution in [3.8, 4) is 0 Å². The Morgan fingerprint density at radius 3 is 2.56 bits per heavy atom. The van der Waals surface area contributed by atoms with E-state index in [9.17, 15) is 14.4 Å². The van der Waals surface area contributed by atoms with Gasteiger partial charge in [0.1, 0.15) is 0 Å². The second-order valence-corrected chi connectivity index (χ2v) is 3.15. The number of nitrogens with zero attached hydrogens (tertiary/aromatic N) is 3. The second-order valence-electron chi connectivity index (χ2n) is 3.15. The molecule has 1 rings (SSSR count). The fraction of sp³-hybridized carbons (Fsp3) is 0.500. The molecule has 0 fully saturated rings. The average molecular weight is 227 g/mol. The van der Waals surface area contributed by atoms with Crippen LogP contribution in [0.5, 0.6) is 0 Å². The Morgan fingerprint density at radius 2 is 2.00 bits per heavy atom. The third-order valence-electron chi connectivity index (χ3n) is 2.02. The van der Waals surface area contributed by atoms with Crippen molar-refractivity contribution >= 4 is 11.7 Å². The van der Waals surface area contributed by atoms with Crippen molar-refractivity contribution in [1.29, 1.82) is 0 Å². The van der Waals surface area contributed by atoms with Crippen LogP contribution in [-0.4, -0.2) is 33.8 Å². The van der Waals surface area contributed by atoms with Crippen LogP contribution in [0.4, 0.5) is 5.82 Å².